The molecule has 1 aliphatic rings. The van der Waals surface area contributed by atoms with Crippen LogP contribution < -0.4 is 11.1 Å². The van der Waals surface area contributed by atoms with E-state index in [0.717, 1.165) is 42.7 Å². The van der Waals surface area contributed by atoms with E-state index in [1.54, 1.807) is 0 Å². The number of carbonyl (C=O) groups excluding carboxylic acids is 1. The molecule has 0 unspecified atom stereocenters. The molecule has 0 bridgehead atoms. The van der Waals surface area contributed by atoms with Gasteiger partial charge in [0.2, 0.25) is 0 Å². The van der Waals surface area contributed by atoms with Gasteiger partial charge in [-0.2, -0.15) is 5.10 Å². The first kappa shape index (κ1) is 19.3. The van der Waals surface area contributed by atoms with Gasteiger partial charge in [0.15, 0.2) is 17.3 Å². The fourth-order valence-corrected chi connectivity index (χ4v) is 2.84. The van der Waals surface area contributed by atoms with E-state index in [-0.39, 0.29) is 18.3 Å². The molecule has 1 amide bonds. The zero-order valence-electron chi connectivity index (χ0n) is 14.1. The average Bonchev–Trinajstić information content (AvgIpc) is 3.09. The molecule has 0 aliphatic heterocycles. The van der Waals surface area contributed by atoms with Crippen LogP contribution in [0.25, 0.3) is 5.69 Å². The van der Waals surface area contributed by atoms with Gasteiger partial charge in [0, 0.05) is 29.4 Å². The summed E-state index contributed by atoms with van der Waals surface area (Å²) in [6.45, 7) is 3.95. The van der Waals surface area contributed by atoms with Gasteiger partial charge in [-0.05, 0) is 45.2 Å². The van der Waals surface area contributed by atoms with E-state index in [4.69, 9.17) is 5.73 Å². The summed E-state index contributed by atoms with van der Waals surface area (Å²) in [6.07, 6.45) is 2.39. The van der Waals surface area contributed by atoms with E-state index in [9.17, 15) is 13.6 Å². The van der Waals surface area contributed by atoms with Gasteiger partial charge < -0.3 is 11.1 Å². The fourth-order valence-electron chi connectivity index (χ4n) is 2.84. The lowest BCUT2D eigenvalue weighted by Gasteiger charge is -2.18. The normalized spacial score (nSPS) is 13.3. The lowest BCUT2D eigenvalue weighted by molar-refractivity contribution is 0.0939. The number of fused-ring (bicyclic) bond motifs is 1. The van der Waals surface area contributed by atoms with Crippen molar-refractivity contribution in [3.8, 4) is 5.69 Å². The van der Waals surface area contributed by atoms with Crippen LogP contribution in [-0.4, -0.2) is 27.8 Å². The monoisotopic (exact) mass is 370 g/mol. The lowest BCUT2D eigenvalue weighted by atomic mass is 10.1. The van der Waals surface area contributed by atoms with Gasteiger partial charge in [-0.1, -0.05) is 0 Å². The van der Waals surface area contributed by atoms with Crippen LogP contribution in [0.2, 0.25) is 0 Å². The van der Waals surface area contributed by atoms with Crippen molar-refractivity contribution in [1.29, 1.82) is 0 Å². The van der Waals surface area contributed by atoms with Crippen molar-refractivity contribution in [2.24, 2.45) is 5.73 Å². The minimum absolute atomic E-state index is 0. The molecule has 1 aromatic heterocycles. The summed E-state index contributed by atoms with van der Waals surface area (Å²) < 4.78 is 28.2. The van der Waals surface area contributed by atoms with Crippen molar-refractivity contribution < 1.29 is 13.6 Å². The van der Waals surface area contributed by atoms with Gasteiger partial charge in [0.05, 0.1) is 5.69 Å². The molecule has 5 nitrogen and oxygen atoms in total. The number of hydrogen-bond donors (Lipinski definition) is 2. The number of nitrogens with one attached hydrogen (secondary N) is 1. The number of aromatic nitrogens is 2. The molecule has 1 aliphatic carbocycles. The molecule has 1 aromatic carbocycles. The molecule has 0 saturated carbocycles. The lowest BCUT2D eigenvalue weighted by Crippen LogP contribution is -2.45. The highest BCUT2D eigenvalue weighted by molar-refractivity contribution is 5.94. The largest absolute Gasteiger partial charge is 0.349 e. The maximum absolute atomic E-state index is 13.5. The maximum Gasteiger partial charge on any atom is 0.272 e. The van der Waals surface area contributed by atoms with Crippen molar-refractivity contribution in [2.45, 2.75) is 38.6 Å². The van der Waals surface area contributed by atoms with Gasteiger partial charge >= 0.3 is 0 Å². The summed E-state index contributed by atoms with van der Waals surface area (Å²) in [5.74, 6) is -2.15. The molecule has 0 atom stereocenters. The number of rotatable bonds is 4. The van der Waals surface area contributed by atoms with E-state index in [1.807, 2.05) is 13.8 Å². The summed E-state index contributed by atoms with van der Waals surface area (Å²) in [7, 11) is 0. The number of halogens is 3. The Kier molecular flexibility index (Phi) is 5.49. The molecule has 2 aromatic rings. The van der Waals surface area contributed by atoms with Crippen LogP contribution in [0.5, 0.6) is 0 Å². The van der Waals surface area contributed by atoms with Crippen LogP contribution in [0, 0.1) is 11.6 Å². The Labute approximate surface area is 151 Å². The second kappa shape index (κ2) is 7.09. The summed E-state index contributed by atoms with van der Waals surface area (Å²) in [6, 6.07) is 3.60. The number of benzene rings is 1. The Bertz CT molecular complexity index is 799. The van der Waals surface area contributed by atoms with Crippen LogP contribution in [-0.2, 0) is 12.8 Å². The summed E-state index contributed by atoms with van der Waals surface area (Å²) in [5.41, 5.74) is 7.84. The van der Waals surface area contributed by atoms with Gasteiger partial charge in [-0.3, -0.25) is 4.79 Å². The Morgan fingerprint density at radius 2 is 2.04 bits per heavy atom. The molecule has 3 rings (SSSR count). The van der Waals surface area contributed by atoms with Crippen LogP contribution in [0.15, 0.2) is 18.2 Å². The Balaban J connectivity index is 0.00000225. The third-order valence-electron chi connectivity index (χ3n) is 4.00. The SMILES string of the molecule is CC(C)(N)CNC(=O)c1nn(-c2ccc(F)c(F)c2)c2c1CCC2.Cl. The first-order chi connectivity index (χ1) is 11.3. The maximum atomic E-state index is 13.5. The molecular formula is C17H21ClF2N4O. The molecule has 25 heavy (non-hydrogen) atoms. The first-order valence-corrected chi connectivity index (χ1v) is 7.89. The third-order valence-corrected chi connectivity index (χ3v) is 4.00. The standard InChI is InChI=1S/C17H20F2N4O.ClH/c1-17(2,20)9-21-16(24)15-11-4-3-5-14(11)23(22-15)10-6-7-12(18)13(19)8-10;/h6-8H,3-5,9,20H2,1-2H3,(H,21,24);1H. The van der Waals surface area contributed by atoms with Crippen molar-refractivity contribution in [1.82, 2.24) is 15.1 Å². The topological polar surface area (TPSA) is 72.9 Å². The molecular weight excluding hydrogens is 350 g/mol. The number of carbonyl (C=O) groups is 1. The van der Waals surface area contributed by atoms with Gasteiger partial charge in [0.25, 0.3) is 5.91 Å². The predicted molar refractivity (Wildman–Crippen MR) is 93.4 cm³/mol. The van der Waals surface area contributed by atoms with Crippen molar-refractivity contribution in [2.75, 3.05) is 6.54 Å². The third kappa shape index (κ3) is 3.99. The Morgan fingerprint density at radius 1 is 1.32 bits per heavy atom. The quantitative estimate of drug-likeness (QED) is 0.868. The number of nitrogens with zero attached hydrogens (tertiary/aromatic N) is 2. The fraction of sp³-hybridized carbons (Fsp3) is 0.412. The molecule has 8 heteroatoms. The van der Waals surface area contributed by atoms with E-state index >= 15 is 0 Å². The van der Waals surface area contributed by atoms with Crippen molar-refractivity contribution >= 4 is 18.3 Å². The predicted octanol–water partition coefficient (Wildman–Crippen LogP) is 2.53. The molecule has 3 N–H and O–H groups in total. The van der Waals surface area contributed by atoms with Gasteiger partial charge in [-0.15, -0.1) is 12.4 Å². The van der Waals surface area contributed by atoms with E-state index in [0.29, 0.717) is 17.9 Å². The average molecular weight is 371 g/mol. The molecule has 0 fully saturated rings. The van der Waals surface area contributed by atoms with Crippen LogP contribution in [0.4, 0.5) is 8.78 Å². The minimum atomic E-state index is -0.939. The number of hydrogen-bond acceptors (Lipinski definition) is 3. The summed E-state index contributed by atoms with van der Waals surface area (Å²) >= 11 is 0. The zero-order valence-corrected chi connectivity index (χ0v) is 14.9. The minimum Gasteiger partial charge on any atom is -0.349 e. The molecule has 0 radical (unpaired) electrons. The van der Waals surface area contributed by atoms with Crippen LogP contribution >= 0.6 is 12.4 Å². The molecule has 0 spiro atoms. The summed E-state index contributed by atoms with van der Waals surface area (Å²) in [5, 5.41) is 7.13. The van der Waals surface area contributed by atoms with Gasteiger partial charge in [-0.25, -0.2) is 13.5 Å². The van der Waals surface area contributed by atoms with Crippen molar-refractivity contribution in [3.63, 3.8) is 0 Å². The van der Waals surface area contributed by atoms with Crippen LogP contribution in [0.1, 0.15) is 42.0 Å². The Hall–Kier alpha value is -1.99. The number of amides is 1. The van der Waals surface area contributed by atoms with Gasteiger partial charge in [0.1, 0.15) is 0 Å². The second-order valence-corrected chi connectivity index (χ2v) is 6.81. The van der Waals surface area contributed by atoms with E-state index < -0.39 is 17.2 Å². The van der Waals surface area contributed by atoms with E-state index in [1.165, 1.54) is 10.7 Å². The molecule has 0 saturated heterocycles. The zero-order chi connectivity index (χ0) is 17.5. The second-order valence-electron chi connectivity index (χ2n) is 6.81. The summed E-state index contributed by atoms with van der Waals surface area (Å²) in [4.78, 5) is 12.4. The Morgan fingerprint density at radius 3 is 2.68 bits per heavy atom. The van der Waals surface area contributed by atoms with Crippen molar-refractivity contribution in [3.05, 3.63) is 46.8 Å². The smallest absolute Gasteiger partial charge is 0.272 e. The number of nitrogens with two attached hydrogens (primary N) is 1. The van der Waals surface area contributed by atoms with Crippen LogP contribution in [0.3, 0.4) is 0 Å². The highest BCUT2D eigenvalue weighted by Gasteiger charge is 2.27. The highest BCUT2D eigenvalue weighted by atomic mass is 35.5. The first-order valence-electron chi connectivity index (χ1n) is 7.89. The molecule has 1 heterocycles. The molecule has 136 valence electrons. The highest BCUT2D eigenvalue weighted by Crippen LogP contribution is 2.28. The van der Waals surface area contributed by atoms with E-state index in [2.05, 4.69) is 10.4 Å².